The van der Waals surface area contributed by atoms with Gasteiger partial charge in [-0.3, -0.25) is 4.79 Å². The zero-order chi connectivity index (χ0) is 14.7. The summed E-state index contributed by atoms with van der Waals surface area (Å²) >= 11 is 5.68. The van der Waals surface area contributed by atoms with Gasteiger partial charge in [-0.2, -0.15) is 0 Å². The second-order valence-electron chi connectivity index (χ2n) is 4.16. The molecule has 2 aromatic rings. The van der Waals surface area contributed by atoms with Crippen molar-refractivity contribution in [2.45, 2.75) is 6.61 Å². The number of rotatable bonds is 4. The molecule has 0 saturated carbocycles. The highest BCUT2D eigenvalue weighted by atomic mass is 35.5. The summed E-state index contributed by atoms with van der Waals surface area (Å²) in [7, 11) is 0. The van der Waals surface area contributed by atoms with Crippen molar-refractivity contribution in [3.05, 3.63) is 58.4 Å². The first-order valence-electron chi connectivity index (χ1n) is 5.73. The van der Waals surface area contributed by atoms with Gasteiger partial charge in [-0.05, 0) is 29.8 Å². The minimum atomic E-state index is -0.614. The predicted molar refractivity (Wildman–Crippen MR) is 75.1 cm³/mol. The molecule has 0 heterocycles. The normalized spacial score (nSPS) is 10.3. The van der Waals surface area contributed by atoms with Gasteiger partial charge in [-0.15, -0.1) is 0 Å². The first-order chi connectivity index (χ1) is 9.47. The zero-order valence-electron chi connectivity index (χ0n) is 10.4. The Morgan fingerprint density at radius 3 is 2.65 bits per heavy atom. The molecule has 0 fully saturated rings. The van der Waals surface area contributed by atoms with E-state index in [2.05, 4.69) is 0 Å². The fourth-order valence-corrected chi connectivity index (χ4v) is 1.86. The van der Waals surface area contributed by atoms with Crippen LogP contribution in [0.25, 0.3) is 0 Å². The quantitative estimate of drug-likeness (QED) is 0.851. The molecule has 0 radical (unpaired) electrons. The molecule has 20 heavy (non-hydrogen) atoms. The van der Waals surface area contributed by atoms with Crippen LogP contribution in [0, 0.1) is 5.82 Å². The maximum absolute atomic E-state index is 13.0. The zero-order valence-corrected chi connectivity index (χ0v) is 11.2. The molecule has 4 nitrogen and oxygen atoms in total. The maximum Gasteiger partial charge on any atom is 0.252 e. The second kappa shape index (κ2) is 5.79. The predicted octanol–water partition coefficient (Wildman–Crippen LogP) is 2.74. The molecular weight excluding hydrogens is 283 g/mol. The van der Waals surface area contributed by atoms with Crippen molar-refractivity contribution >= 4 is 23.2 Å². The third-order valence-corrected chi connectivity index (χ3v) is 2.94. The molecule has 2 aromatic carbocycles. The first-order valence-corrected chi connectivity index (χ1v) is 6.11. The van der Waals surface area contributed by atoms with Crippen molar-refractivity contribution in [3.8, 4) is 5.75 Å². The van der Waals surface area contributed by atoms with Crippen LogP contribution in [0.15, 0.2) is 36.4 Å². The highest BCUT2D eigenvalue weighted by Crippen LogP contribution is 2.23. The number of hydrogen-bond donors (Lipinski definition) is 2. The standard InChI is InChI=1S/C14H12ClFN2O2/c15-11-5-8(1-4-12(11)16)7-20-13-6-9(17)2-3-10(13)14(18)19/h1-6H,7,17H2,(H2,18,19). The van der Waals surface area contributed by atoms with Crippen molar-refractivity contribution in [2.24, 2.45) is 5.73 Å². The van der Waals surface area contributed by atoms with E-state index in [1.807, 2.05) is 0 Å². The molecule has 0 aliphatic carbocycles. The van der Waals surface area contributed by atoms with Crippen LogP contribution in [-0.2, 0) is 6.61 Å². The fourth-order valence-electron chi connectivity index (χ4n) is 1.65. The molecule has 1 amide bonds. The number of carbonyl (C=O) groups is 1. The van der Waals surface area contributed by atoms with E-state index in [-0.39, 0.29) is 22.9 Å². The Morgan fingerprint density at radius 2 is 2.00 bits per heavy atom. The molecule has 0 aromatic heterocycles. The number of benzene rings is 2. The van der Waals surface area contributed by atoms with Gasteiger partial charge in [0.2, 0.25) is 0 Å². The number of carbonyl (C=O) groups excluding carboxylic acids is 1. The summed E-state index contributed by atoms with van der Waals surface area (Å²) in [5.74, 6) is -0.840. The molecule has 0 aliphatic heterocycles. The lowest BCUT2D eigenvalue weighted by Crippen LogP contribution is -2.13. The highest BCUT2D eigenvalue weighted by molar-refractivity contribution is 6.30. The molecule has 0 aliphatic rings. The van der Waals surface area contributed by atoms with E-state index in [9.17, 15) is 9.18 Å². The largest absolute Gasteiger partial charge is 0.488 e. The molecule has 0 unspecified atom stereocenters. The smallest absolute Gasteiger partial charge is 0.252 e. The molecule has 4 N–H and O–H groups in total. The van der Waals surface area contributed by atoms with Crippen molar-refractivity contribution in [1.82, 2.24) is 0 Å². The second-order valence-corrected chi connectivity index (χ2v) is 4.56. The van der Waals surface area contributed by atoms with E-state index in [1.165, 1.54) is 30.3 Å². The van der Waals surface area contributed by atoms with Crippen molar-refractivity contribution in [1.29, 1.82) is 0 Å². The molecular formula is C14H12ClFN2O2. The van der Waals surface area contributed by atoms with Gasteiger partial charge in [0, 0.05) is 11.8 Å². The number of primary amides is 1. The van der Waals surface area contributed by atoms with Gasteiger partial charge < -0.3 is 16.2 Å². The first kappa shape index (κ1) is 14.1. The summed E-state index contributed by atoms with van der Waals surface area (Å²) in [4.78, 5) is 11.3. The molecule has 0 bridgehead atoms. The van der Waals surface area contributed by atoms with Crippen LogP contribution in [0.4, 0.5) is 10.1 Å². The summed E-state index contributed by atoms with van der Waals surface area (Å²) in [6, 6.07) is 8.79. The van der Waals surface area contributed by atoms with Crippen LogP contribution >= 0.6 is 11.6 Å². The fraction of sp³-hybridized carbons (Fsp3) is 0.0714. The van der Waals surface area contributed by atoms with Crippen LogP contribution in [0.1, 0.15) is 15.9 Å². The third kappa shape index (κ3) is 3.19. The third-order valence-electron chi connectivity index (χ3n) is 2.65. The van der Waals surface area contributed by atoms with E-state index in [0.717, 1.165) is 0 Å². The Morgan fingerprint density at radius 1 is 1.25 bits per heavy atom. The molecule has 0 spiro atoms. The Bertz CT molecular complexity index is 662. The van der Waals surface area contributed by atoms with Gasteiger partial charge in [0.25, 0.3) is 5.91 Å². The summed E-state index contributed by atoms with van der Waals surface area (Å²) in [5, 5.41) is 0.00815. The molecule has 0 atom stereocenters. The van der Waals surface area contributed by atoms with Gasteiger partial charge in [0.15, 0.2) is 0 Å². The van der Waals surface area contributed by atoms with Gasteiger partial charge in [-0.1, -0.05) is 17.7 Å². The molecule has 6 heteroatoms. The number of nitrogens with two attached hydrogens (primary N) is 2. The Balaban J connectivity index is 2.20. The number of anilines is 1. The lowest BCUT2D eigenvalue weighted by Gasteiger charge is -2.10. The lowest BCUT2D eigenvalue weighted by molar-refractivity contribution is 0.0996. The van der Waals surface area contributed by atoms with E-state index >= 15 is 0 Å². The van der Waals surface area contributed by atoms with Crippen LogP contribution < -0.4 is 16.2 Å². The van der Waals surface area contributed by atoms with Crippen molar-refractivity contribution in [3.63, 3.8) is 0 Å². The summed E-state index contributed by atoms with van der Waals surface area (Å²) in [6.07, 6.45) is 0. The Hall–Kier alpha value is -2.27. The Kier molecular flexibility index (Phi) is 4.10. The number of hydrogen-bond acceptors (Lipinski definition) is 3. The van der Waals surface area contributed by atoms with Gasteiger partial charge in [-0.25, -0.2) is 4.39 Å². The Labute approximate surface area is 120 Å². The maximum atomic E-state index is 13.0. The van der Waals surface area contributed by atoms with E-state index in [0.29, 0.717) is 11.3 Å². The van der Waals surface area contributed by atoms with E-state index in [1.54, 1.807) is 6.07 Å². The van der Waals surface area contributed by atoms with Gasteiger partial charge in [0.05, 0.1) is 10.6 Å². The van der Waals surface area contributed by atoms with Crippen molar-refractivity contribution in [2.75, 3.05) is 5.73 Å². The average Bonchev–Trinajstić information content (AvgIpc) is 2.40. The average molecular weight is 295 g/mol. The van der Waals surface area contributed by atoms with Crippen LogP contribution in [0.5, 0.6) is 5.75 Å². The highest BCUT2D eigenvalue weighted by Gasteiger charge is 2.10. The number of ether oxygens (including phenoxy) is 1. The topological polar surface area (TPSA) is 78.3 Å². The summed E-state index contributed by atoms with van der Waals surface area (Å²) in [6.45, 7) is 0.115. The number of nitrogen functional groups attached to an aromatic ring is 1. The van der Waals surface area contributed by atoms with Gasteiger partial charge >= 0.3 is 0 Å². The molecule has 104 valence electrons. The minimum Gasteiger partial charge on any atom is -0.488 e. The van der Waals surface area contributed by atoms with Crippen LogP contribution in [-0.4, -0.2) is 5.91 Å². The number of halogens is 2. The van der Waals surface area contributed by atoms with E-state index in [4.69, 9.17) is 27.8 Å². The van der Waals surface area contributed by atoms with Crippen molar-refractivity contribution < 1.29 is 13.9 Å². The summed E-state index contributed by atoms with van der Waals surface area (Å²) in [5.41, 5.74) is 12.2. The molecule has 0 saturated heterocycles. The summed E-state index contributed by atoms with van der Waals surface area (Å²) < 4.78 is 18.5. The number of amides is 1. The van der Waals surface area contributed by atoms with E-state index < -0.39 is 11.7 Å². The van der Waals surface area contributed by atoms with Crippen LogP contribution in [0.2, 0.25) is 5.02 Å². The minimum absolute atomic E-state index is 0.00815. The van der Waals surface area contributed by atoms with Gasteiger partial charge in [0.1, 0.15) is 18.2 Å². The molecule has 2 rings (SSSR count). The SMILES string of the molecule is NC(=O)c1ccc(N)cc1OCc1ccc(F)c(Cl)c1. The lowest BCUT2D eigenvalue weighted by atomic mass is 10.1. The monoisotopic (exact) mass is 294 g/mol. The van der Waals surface area contributed by atoms with Crippen LogP contribution in [0.3, 0.4) is 0 Å².